The first-order chi connectivity index (χ1) is 12.3. The fourth-order valence-corrected chi connectivity index (χ4v) is 3.50. The zero-order valence-corrected chi connectivity index (χ0v) is 14.4. The van der Waals surface area contributed by atoms with Gasteiger partial charge in [0.15, 0.2) is 0 Å². The summed E-state index contributed by atoms with van der Waals surface area (Å²) < 4.78 is 5.87. The van der Waals surface area contributed by atoms with Crippen molar-refractivity contribution >= 4 is 0 Å². The quantitative estimate of drug-likeness (QED) is 0.812. The van der Waals surface area contributed by atoms with Crippen molar-refractivity contribution in [3.05, 3.63) is 64.5 Å². The Labute approximate surface area is 149 Å². The van der Waals surface area contributed by atoms with Crippen molar-refractivity contribution in [1.82, 2.24) is 9.88 Å². The lowest BCUT2D eigenvalue weighted by Crippen LogP contribution is -2.31. The average Bonchev–Trinajstić information content (AvgIpc) is 3.46. The molecule has 4 heteroatoms. The topological polar surface area (TPSA) is 49.2 Å². The molecule has 1 saturated carbocycles. The summed E-state index contributed by atoms with van der Waals surface area (Å²) in [6.45, 7) is 4.40. The Morgan fingerprint density at radius 1 is 1.28 bits per heavy atom. The van der Waals surface area contributed by atoms with E-state index in [0.29, 0.717) is 6.61 Å². The van der Waals surface area contributed by atoms with Crippen LogP contribution in [0.3, 0.4) is 0 Å². The number of rotatable bonds is 6. The molecule has 128 valence electrons. The van der Waals surface area contributed by atoms with Gasteiger partial charge in [-0.1, -0.05) is 12.1 Å². The molecule has 0 bridgehead atoms. The molecule has 1 aliphatic carbocycles. The maximum Gasteiger partial charge on any atom is 0.0991 e. The number of ether oxygens (including phenoxy) is 1. The second kappa shape index (κ2) is 7.35. The van der Waals surface area contributed by atoms with E-state index in [1.54, 1.807) is 0 Å². The highest BCUT2D eigenvalue weighted by molar-refractivity contribution is 5.35. The highest BCUT2D eigenvalue weighted by Gasteiger charge is 2.22. The van der Waals surface area contributed by atoms with E-state index in [2.05, 4.69) is 22.0 Å². The molecule has 2 aromatic rings. The lowest BCUT2D eigenvalue weighted by Gasteiger charge is -2.29. The monoisotopic (exact) mass is 333 g/mol. The van der Waals surface area contributed by atoms with Crippen molar-refractivity contribution in [3.8, 4) is 6.07 Å². The predicted octanol–water partition coefficient (Wildman–Crippen LogP) is 3.44. The van der Waals surface area contributed by atoms with Gasteiger partial charge in [-0.2, -0.15) is 5.26 Å². The Hall–Kier alpha value is -2.22. The van der Waals surface area contributed by atoms with E-state index in [4.69, 9.17) is 10.00 Å². The third kappa shape index (κ3) is 4.07. The lowest BCUT2D eigenvalue weighted by molar-refractivity contribution is 0.110. The molecular weight excluding hydrogens is 310 g/mol. The van der Waals surface area contributed by atoms with Crippen LogP contribution in [0, 0.1) is 17.2 Å². The van der Waals surface area contributed by atoms with E-state index in [1.165, 1.54) is 35.1 Å². The first kappa shape index (κ1) is 16.3. The highest BCUT2D eigenvalue weighted by Crippen LogP contribution is 2.29. The number of pyridine rings is 1. The van der Waals surface area contributed by atoms with Gasteiger partial charge in [-0.15, -0.1) is 0 Å². The van der Waals surface area contributed by atoms with Gasteiger partial charge in [-0.3, -0.25) is 9.88 Å². The summed E-state index contributed by atoms with van der Waals surface area (Å²) in [5.41, 5.74) is 5.92. The molecule has 0 spiro atoms. The van der Waals surface area contributed by atoms with E-state index in [0.717, 1.165) is 44.1 Å². The van der Waals surface area contributed by atoms with Gasteiger partial charge in [-0.25, -0.2) is 0 Å². The summed E-state index contributed by atoms with van der Waals surface area (Å²) in [6, 6.07) is 10.1. The SMILES string of the molecule is N#Cc1cccc(CN2CCc3c(COCC4CC4)cncc3C2)c1. The largest absolute Gasteiger partial charge is 0.376 e. The van der Waals surface area contributed by atoms with E-state index < -0.39 is 0 Å². The molecule has 0 amide bonds. The van der Waals surface area contributed by atoms with Gasteiger partial charge in [0.05, 0.1) is 18.2 Å². The Balaban J connectivity index is 1.41. The second-order valence-electron chi connectivity index (χ2n) is 7.17. The number of nitriles is 1. The molecule has 1 aromatic heterocycles. The molecule has 4 nitrogen and oxygen atoms in total. The zero-order chi connectivity index (χ0) is 17.1. The molecule has 0 atom stereocenters. The summed E-state index contributed by atoms with van der Waals surface area (Å²) >= 11 is 0. The third-order valence-corrected chi connectivity index (χ3v) is 5.08. The number of fused-ring (bicyclic) bond motifs is 1. The van der Waals surface area contributed by atoms with Crippen LogP contribution in [-0.2, 0) is 30.9 Å². The van der Waals surface area contributed by atoms with Gasteiger partial charge in [0.1, 0.15) is 0 Å². The third-order valence-electron chi connectivity index (χ3n) is 5.08. The van der Waals surface area contributed by atoms with Gasteiger partial charge < -0.3 is 4.74 Å². The van der Waals surface area contributed by atoms with Crippen LogP contribution in [-0.4, -0.2) is 23.0 Å². The first-order valence-electron chi connectivity index (χ1n) is 9.05. The van der Waals surface area contributed by atoms with Crippen molar-refractivity contribution in [2.24, 2.45) is 5.92 Å². The maximum atomic E-state index is 9.05. The summed E-state index contributed by atoms with van der Waals surface area (Å²) in [4.78, 5) is 6.86. The van der Waals surface area contributed by atoms with Gasteiger partial charge in [0.2, 0.25) is 0 Å². The van der Waals surface area contributed by atoms with Gasteiger partial charge >= 0.3 is 0 Å². The van der Waals surface area contributed by atoms with Crippen LogP contribution in [0.5, 0.6) is 0 Å². The fourth-order valence-electron chi connectivity index (χ4n) is 3.50. The standard InChI is InChI=1S/C21H23N3O/c22-9-17-2-1-3-18(8-17)12-24-7-6-21-19(13-24)10-23-11-20(21)15-25-14-16-4-5-16/h1-3,8,10-11,16H,4-7,12-15H2. The molecule has 1 fully saturated rings. The normalized spacial score (nSPS) is 17.1. The van der Waals surface area contributed by atoms with Crippen molar-refractivity contribution in [2.45, 2.75) is 39.0 Å². The van der Waals surface area contributed by atoms with Gasteiger partial charge in [0.25, 0.3) is 0 Å². The number of hydrogen-bond acceptors (Lipinski definition) is 4. The van der Waals surface area contributed by atoms with Gasteiger partial charge in [-0.05, 0) is 59.6 Å². The number of benzene rings is 1. The summed E-state index contributed by atoms with van der Waals surface area (Å²) in [5, 5.41) is 9.05. The molecule has 25 heavy (non-hydrogen) atoms. The number of aromatic nitrogens is 1. The van der Waals surface area contributed by atoms with Crippen LogP contribution in [0.4, 0.5) is 0 Å². The molecule has 1 aromatic carbocycles. The Morgan fingerprint density at radius 2 is 2.20 bits per heavy atom. The molecule has 0 saturated heterocycles. The van der Waals surface area contributed by atoms with Crippen molar-refractivity contribution in [2.75, 3.05) is 13.2 Å². The summed E-state index contributed by atoms with van der Waals surface area (Å²) in [5.74, 6) is 0.798. The molecule has 1 aliphatic heterocycles. The summed E-state index contributed by atoms with van der Waals surface area (Å²) in [7, 11) is 0. The average molecular weight is 333 g/mol. The molecule has 2 heterocycles. The van der Waals surface area contributed by atoms with Crippen LogP contribution in [0.2, 0.25) is 0 Å². The molecular formula is C21H23N3O. The van der Waals surface area contributed by atoms with Crippen molar-refractivity contribution in [1.29, 1.82) is 5.26 Å². The van der Waals surface area contributed by atoms with Gasteiger partial charge in [0, 0.05) is 38.6 Å². The van der Waals surface area contributed by atoms with Crippen LogP contribution < -0.4 is 0 Å². The lowest BCUT2D eigenvalue weighted by atomic mass is 9.97. The van der Waals surface area contributed by atoms with Crippen LogP contribution >= 0.6 is 0 Å². The van der Waals surface area contributed by atoms with Crippen LogP contribution in [0.1, 0.15) is 40.7 Å². The van der Waals surface area contributed by atoms with E-state index >= 15 is 0 Å². The zero-order valence-electron chi connectivity index (χ0n) is 14.4. The Bertz CT molecular complexity index is 792. The van der Waals surface area contributed by atoms with E-state index in [1.807, 2.05) is 30.6 Å². The van der Waals surface area contributed by atoms with Crippen LogP contribution in [0.15, 0.2) is 36.7 Å². The minimum atomic E-state index is 0.691. The minimum absolute atomic E-state index is 0.691. The molecule has 0 radical (unpaired) electrons. The maximum absolute atomic E-state index is 9.05. The minimum Gasteiger partial charge on any atom is -0.376 e. The Morgan fingerprint density at radius 3 is 3.04 bits per heavy atom. The smallest absolute Gasteiger partial charge is 0.0991 e. The predicted molar refractivity (Wildman–Crippen MR) is 95.6 cm³/mol. The summed E-state index contributed by atoms with van der Waals surface area (Å²) in [6.07, 6.45) is 7.66. The van der Waals surface area contributed by atoms with Crippen molar-refractivity contribution < 1.29 is 4.74 Å². The molecule has 2 aliphatic rings. The number of hydrogen-bond donors (Lipinski definition) is 0. The second-order valence-corrected chi connectivity index (χ2v) is 7.17. The number of nitrogens with zero attached hydrogens (tertiary/aromatic N) is 3. The van der Waals surface area contributed by atoms with E-state index in [-0.39, 0.29) is 0 Å². The van der Waals surface area contributed by atoms with Crippen molar-refractivity contribution in [3.63, 3.8) is 0 Å². The van der Waals surface area contributed by atoms with E-state index in [9.17, 15) is 0 Å². The Kier molecular flexibility index (Phi) is 4.78. The fraction of sp³-hybridized carbons (Fsp3) is 0.429. The molecule has 4 rings (SSSR count). The highest BCUT2D eigenvalue weighted by atomic mass is 16.5. The molecule has 0 N–H and O–H groups in total. The molecule has 0 unspecified atom stereocenters. The van der Waals surface area contributed by atoms with Crippen LogP contribution in [0.25, 0.3) is 0 Å². The first-order valence-corrected chi connectivity index (χ1v) is 9.05.